The van der Waals surface area contributed by atoms with Crippen molar-refractivity contribution in [2.75, 3.05) is 33.4 Å². The maximum absolute atomic E-state index is 12.2. The lowest BCUT2D eigenvalue weighted by Crippen LogP contribution is -2.34. The van der Waals surface area contributed by atoms with Crippen LogP contribution in [-0.4, -0.2) is 60.2 Å². The van der Waals surface area contributed by atoms with Crippen molar-refractivity contribution in [1.82, 2.24) is 20.2 Å². The lowest BCUT2D eigenvalue weighted by molar-refractivity contribution is 0.0900. The van der Waals surface area contributed by atoms with E-state index in [1.54, 1.807) is 13.3 Å². The number of hydrogen-bond donors (Lipinski definition) is 1. The molecule has 2 fully saturated rings. The average molecular weight is 368 g/mol. The predicted molar refractivity (Wildman–Crippen MR) is 99.4 cm³/mol. The molecule has 0 bridgehead atoms. The first-order valence-corrected chi connectivity index (χ1v) is 9.24. The van der Waals surface area contributed by atoms with Crippen LogP contribution < -0.4 is 10.1 Å². The van der Waals surface area contributed by atoms with Gasteiger partial charge in [0.05, 0.1) is 26.0 Å². The van der Waals surface area contributed by atoms with Crippen LogP contribution in [0.5, 0.6) is 5.75 Å². The minimum absolute atomic E-state index is 0.185. The molecule has 3 atom stereocenters. The number of carbonyl (C=O) groups excluding carboxylic acids is 1. The van der Waals surface area contributed by atoms with Gasteiger partial charge in [-0.1, -0.05) is 18.2 Å². The number of nitrogens with one attached hydrogen (secondary N) is 1. The molecule has 2 aromatic rings. The van der Waals surface area contributed by atoms with Crippen molar-refractivity contribution in [1.29, 1.82) is 0 Å². The Morgan fingerprint density at radius 2 is 2.22 bits per heavy atom. The fraction of sp³-hybridized carbons (Fsp3) is 0.450. The summed E-state index contributed by atoms with van der Waals surface area (Å²) in [7, 11) is 1.70. The summed E-state index contributed by atoms with van der Waals surface area (Å²) in [5, 5.41) is 2.98. The van der Waals surface area contributed by atoms with Crippen LogP contribution in [0.3, 0.4) is 0 Å². The van der Waals surface area contributed by atoms with Crippen molar-refractivity contribution in [3.05, 3.63) is 54.1 Å². The monoisotopic (exact) mass is 368 g/mol. The van der Waals surface area contributed by atoms with Crippen LogP contribution in [0.1, 0.15) is 16.1 Å². The molecule has 1 aromatic heterocycles. The number of ether oxygens (including phenoxy) is 2. The molecule has 0 aliphatic carbocycles. The van der Waals surface area contributed by atoms with E-state index in [2.05, 4.69) is 26.3 Å². The van der Waals surface area contributed by atoms with Crippen LogP contribution in [0.4, 0.5) is 0 Å². The third kappa shape index (κ3) is 3.94. The SMILES string of the molecule is COc1ccccc1CN1C[C@@H]2[C@H](CNC(=O)c3cnccn3)CO[C@@H]2C1. The first-order chi connectivity index (χ1) is 13.2. The molecule has 1 amide bonds. The third-order valence-electron chi connectivity index (χ3n) is 5.42. The second kappa shape index (κ2) is 8.02. The van der Waals surface area contributed by atoms with E-state index in [9.17, 15) is 4.79 Å². The number of fused-ring (bicyclic) bond motifs is 1. The zero-order chi connectivity index (χ0) is 18.6. The van der Waals surface area contributed by atoms with Crippen LogP contribution in [0.15, 0.2) is 42.9 Å². The molecule has 142 valence electrons. The zero-order valence-corrected chi connectivity index (χ0v) is 15.4. The maximum Gasteiger partial charge on any atom is 0.271 e. The van der Waals surface area contributed by atoms with Gasteiger partial charge in [0.25, 0.3) is 5.91 Å². The molecule has 0 spiro atoms. The minimum atomic E-state index is -0.185. The van der Waals surface area contributed by atoms with E-state index in [0.717, 1.165) is 25.4 Å². The number of nitrogens with zero attached hydrogens (tertiary/aromatic N) is 3. The van der Waals surface area contributed by atoms with Crippen LogP contribution in [0.2, 0.25) is 0 Å². The Morgan fingerprint density at radius 1 is 1.33 bits per heavy atom. The number of hydrogen-bond acceptors (Lipinski definition) is 6. The minimum Gasteiger partial charge on any atom is -0.496 e. The summed E-state index contributed by atoms with van der Waals surface area (Å²) in [6.45, 7) is 4.02. The summed E-state index contributed by atoms with van der Waals surface area (Å²) in [6.07, 6.45) is 4.80. The number of amides is 1. The molecule has 0 unspecified atom stereocenters. The topological polar surface area (TPSA) is 76.6 Å². The number of para-hydroxylation sites is 1. The Morgan fingerprint density at radius 3 is 3.04 bits per heavy atom. The summed E-state index contributed by atoms with van der Waals surface area (Å²) in [4.78, 5) is 22.6. The van der Waals surface area contributed by atoms with E-state index in [1.807, 2.05) is 18.2 Å². The molecule has 1 aromatic carbocycles. The van der Waals surface area contributed by atoms with Gasteiger partial charge in [0.2, 0.25) is 0 Å². The molecule has 4 rings (SSSR count). The molecule has 0 saturated carbocycles. The smallest absolute Gasteiger partial charge is 0.271 e. The molecule has 2 aliphatic heterocycles. The molecule has 7 nitrogen and oxygen atoms in total. The van der Waals surface area contributed by atoms with Crippen molar-refractivity contribution >= 4 is 5.91 Å². The number of likely N-dealkylation sites (tertiary alicyclic amines) is 1. The summed E-state index contributed by atoms with van der Waals surface area (Å²) < 4.78 is 11.5. The predicted octanol–water partition coefficient (Wildman–Crippen LogP) is 1.36. The van der Waals surface area contributed by atoms with Gasteiger partial charge in [0, 0.05) is 56.0 Å². The number of carbonyl (C=O) groups is 1. The van der Waals surface area contributed by atoms with E-state index < -0.39 is 0 Å². The normalized spacial score (nSPS) is 24.6. The fourth-order valence-electron chi connectivity index (χ4n) is 4.02. The van der Waals surface area contributed by atoms with Gasteiger partial charge in [0.1, 0.15) is 11.4 Å². The first-order valence-electron chi connectivity index (χ1n) is 9.24. The highest BCUT2D eigenvalue weighted by molar-refractivity contribution is 5.91. The van der Waals surface area contributed by atoms with Gasteiger partial charge in [-0.25, -0.2) is 4.98 Å². The first kappa shape index (κ1) is 17.9. The largest absolute Gasteiger partial charge is 0.496 e. The number of methoxy groups -OCH3 is 1. The molecule has 2 saturated heterocycles. The van der Waals surface area contributed by atoms with Gasteiger partial charge in [-0.2, -0.15) is 0 Å². The summed E-state index contributed by atoms with van der Waals surface area (Å²) in [6, 6.07) is 8.12. The van der Waals surface area contributed by atoms with Crippen molar-refractivity contribution in [3.63, 3.8) is 0 Å². The average Bonchev–Trinajstić information content (AvgIpc) is 3.27. The second-order valence-electron chi connectivity index (χ2n) is 7.10. The van der Waals surface area contributed by atoms with Gasteiger partial charge in [0.15, 0.2) is 0 Å². The highest BCUT2D eigenvalue weighted by Gasteiger charge is 2.43. The third-order valence-corrected chi connectivity index (χ3v) is 5.42. The van der Waals surface area contributed by atoms with Crippen LogP contribution in [0.25, 0.3) is 0 Å². The van der Waals surface area contributed by atoms with Gasteiger partial charge >= 0.3 is 0 Å². The van der Waals surface area contributed by atoms with Crippen LogP contribution >= 0.6 is 0 Å². The molecular weight excluding hydrogens is 344 g/mol. The maximum atomic E-state index is 12.2. The molecule has 0 radical (unpaired) electrons. The number of rotatable bonds is 6. The molecule has 7 heteroatoms. The standard InChI is InChI=1S/C20H24N4O3/c1-26-18-5-3-2-4-14(18)10-24-11-16-15(13-27-19(16)12-24)8-23-20(25)17-9-21-6-7-22-17/h2-7,9,15-16,19H,8,10-13H2,1H3,(H,23,25)/t15-,16-,19-/m1/s1. The van der Waals surface area contributed by atoms with Crippen molar-refractivity contribution in [3.8, 4) is 5.75 Å². The van der Waals surface area contributed by atoms with Crippen molar-refractivity contribution < 1.29 is 14.3 Å². The van der Waals surface area contributed by atoms with Crippen LogP contribution in [-0.2, 0) is 11.3 Å². The Balaban J connectivity index is 1.32. The van der Waals surface area contributed by atoms with E-state index in [1.165, 1.54) is 18.0 Å². The Hall–Kier alpha value is -2.51. The van der Waals surface area contributed by atoms with E-state index in [4.69, 9.17) is 9.47 Å². The van der Waals surface area contributed by atoms with E-state index in [-0.39, 0.29) is 12.0 Å². The Labute approximate surface area is 158 Å². The Bertz CT molecular complexity index is 786. The zero-order valence-electron chi connectivity index (χ0n) is 15.4. The summed E-state index contributed by atoms with van der Waals surface area (Å²) in [5.41, 5.74) is 1.53. The molecule has 2 aliphatic rings. The summed E-state index contributed by atoms with van der Waals surface area (Å²) >= 11 is 0. The number of aromatic nitrogens is 2. The van der Waals surface area contributed by atoms with Gasteiger partial charge in [-0.3, -0.25) is 14.7 Å². The van der Waals surface area contributed by atoms with Gasteiger partial charge < -0.3 is 14.8 Å². The second-order valence-corrected chi connectivity index (χ2v) is 7.10. The molecule has 3 heterocycles. The molecule has 1 N–H and O–H groups in total. The Kier molecular flexibility index (Phi) is 5.31. The van der Waals surface area contributed by atoms with Crippen molar-refractivity contribution in [2.45, 2.75) is 12.6 Å². The lowest BCUT2D eigenvalue weighted by atomic mass is 9.93. The summed E-state index contributed by atoms with van der Waals surface area (Å²) in [5.74, 6) is 1.49. The van der Waals surface area contributed by atoms with E-state index in [0.29, 0.717) is 30.7 Å². The van der Waals surface area contributed by atoms with Crippen molar-refractivity contribution in [2.24, 2.45) is 11.8 Å². The van der Waals surface area contributed by atoms with Crippen LogP contribution in [0, 0.1) is 11.8 Å². The highest BCUT2D eigenvalue weighted by atomic mass is 16.5. The van der Waals surface area contributed by atoms with E-state index >= 15 is 0 Å². The molecular formula is C20H24N4O3. The lowest BCUT2D eigenvalue weighted by Gasteiger charge is -2.20. The number of benzene rings is 1. The highest BCUT2D eigenvalue weighted by Crippen LogP contribution is 2.34. The van der Waals surface area contributed by atoms with Gasteiger partial charge in [-0.15, -0.1) is 0 Å². The fourth-order valence-corrected chi connectivity index (χ4v) is 4.02. The van der Waals surface area contributed by atoms with Gasteiger partial charge in [-0.05, 0) is 6.07 Å². The molecule has 27 heavy (non-hydrogen) atoms. The quantitative estimate of drug-likeness (QED) is 0.830.